The monoisotopic (exact) mass is 183 g/mol. The van der Waals surface area contributed by atoms with Crippen LogP contribution in [0, 0.1) is 5.82 Å². The first kappa shape index (κ1) is 8.63. The van der Waals surface area contributed by atoms with E-state index in [0.29, 0.717) is 12.8 Å². The van der Waals surface area contributed by atoms with Gasteiger partial charge in [-0.05, 0) is 36.1 Å². The average Bonchev–Trinajstić information content (AvgIpc) is 2.12. The van der Waals surface area contributed by atoms with E-state index in [4.69, 9.17) is 5.73 Å². The number of hydrogen-bond donors (Lipinski definition) is 1. The molecule has 13 heavy (non-hydrogen) atoms. The maximum Gasteiger partial charge on any atom is 0.123 e. The van der Waals surface area contributed by atoms with Crippen LogP contribution in [0.3, 0.4) is 0 Å². The zero-order valence-electron chi connectivity index (χ0n) is 7.13. The zero-order valence-corrected chi connectivity index (χ0v) is 7.13. The molecular weight excluding hydrogens is 172 g/mol. The van der Waals surface area contributed by atoms with Crippen molar-refractivity contribution in [2.24, 2.45) is 5.73 Å². The fourth-order valence-electron chi connectivity index (χ4n) is 1.78. The highest BCUT2D eigenvalue weighted by atomic mass is 19.1. The summed E-state index contributed by atoms with van der Waals surface area (Å²) in [5, 5.41) is 0. The molecule has 3 heteroatoms. The number of halogens is 2. The van der Waals surface area contributed by atoms with Gasteiger partial charge in [-0.3, -0.25) is 0 Å². The number of nitrogens with two attached hydrogens (primary N) is 1. The molecule has 1 aliphatic rings. The van der Waals surface area contributed by atoms with Crippen LogP contribution in [0.25, 0.3) is 0 Å². The maximum absolute atomic E-state index is 13.1. The fourth-order valence-corrected chi connectivity index (χ4v) is 1.78. The van der Waals surface area contributed by atoms with Gasteiger partial charge >= 0.3 is 0 Å². The molecule has 0 amide bonds. The largest absolute Gasteiger partial charge is 0.322 e. The fraction of sp³-hybridized carbons (Fsp3) is 0.400. The third-order valence-corrected chi connectivity index (χ3v) is 2.54. The molecule has 0 heterocycles. The Morgan fingerprint density at radius 1 is 1.38 bits per heavy atom. The lowest BCUT2D eigenvalue weighted by Gasteiger charge is -2.25. The van der Waals surface area contributed by atoms with Crippen LogP contribution in [0.15, 0.2) is 18.2 Å². The molecule has 1 nitrogen and oxygen atoms in total. The molecule has 0 bridgehead atoms. The SMILES string of the molecule is N[C@H]1c2ccc(F)cc2CC[C@@H]1F. The van der Waals surface area contributed by atoms with E-state index in [9.17, 15) is 8.78 Å². The Morgan fingerprint density at radius 3 is 2.92 bits per heavy atom. The predicted molar refractivity (Wildman–Crippen MR) is 46.5 cm³/mol. The Kier molecular flexibility index (Phi) is 2.04. The van der Waals surface area contributed by atoms with Gasteiger partial charge in [-0.2, -0.15) is 0 Å². The molecule has 1 aromatic rings. The number of rotatable bonds is 0. The topological polar surface area (TPSA) is 26.0 Å². The lowest BCUT2D eigenvalue weighted by Crippen LogP contribution is -2.28. The van der Waals surface area contributed by atoms with Gasteiger partial charge < -0.3 is 5.73 Å². The van der Waals surface area contributed by atoms with Crippen molar-refractivity contribution >= 4 is 0 Å². The second-order valence-electron chi connectivity index (χ2n) is 3.42. The standard InChI is InChI=1S/C10H11F2N/c11-7-2-3-8-6(5-7)1-4-9(12)10(8)13/h2-3,5,9-10H,1,4,13H2/t9-,10-/m0/s1. The van der Waals surface area contributed by atoms with Crippen LogP contribution in [-0.2, 0) is 6.42 Å². The van der Waals surface area contributed by atoms with Crippen LogP contribution in [0.1, 0.15) is 23.6 Å². The van der Waals surface area contributed by atoms with Crippen LogP contribution in [0.4, 0.5) is 8.78 Å². The van der Waals surface area contributed by atoms with Crippen LogP contribution in [0.5, 0.6) is 0 Å². The van der Waals surface area contributed by atoms with Crippen LogP contribution in [-0.4, -0.2) is 6.17 Å². The van der Waals surface area contributed by atoms with Crippen LogP contribution < -0.4 is 5.73 Å². The van der Waals surface area contributed by atoms with E-state index < -0.39 is 12.2 Å². The Labute approximate surface area is 75.6 Å². The van der Waals surface area contributed by atoms with Crippen LogP contribution in [0.2, 0.25) is 0 Å². The van der Waals surface area contributed by atoms with Crippen molar-refractivity contribution in [1.82, 2.24) is 0 Å². The van der Waals surface area contributed by atoms with Crippen molar-refractivity contribution in [2.75, 3.05) is 0 Å². The smallest absolute Gasteiger partial charge is 0.123 e. The highest BCUT2D eigenvalue weighted by molar-refractivity contribution is 5.33. The molecule has 1 aliphatic carbocycles. The first-order valence-electron chi connectivity index (χ1n) is 4.36. The first-order chi connectivity index (χ1) is 6.18. The van der Waals surface area contributed by atoms with Crippen molar-refractivity contribution < 1.29 is 8.78 Å². The highest BCUT2D eigenvalue weighted by Gasteiger charge is 2.26. The predicted octanol–water partition coefficient (Wildman–Crippen LogP) is 2.11. The molecule has 0 aliphatic heterocycles. The quantitative estimate of drug-likeness (QED) is 0.655. The molecule has 1 aromatic carbocycles. The number of hydrogen-bond acceptors (Lipinski definition) is 1. The minimum atomic E-state index is -0.988. The molecule has 2 rings (SSSR count). The summed E-state index contributed by atoms with van der Waals surface area (Å²) in [6, 6.07) is 3.78. The van der Waals surface area contributed by atoms with Crippen molar-refractivity contribution in [3.05, 3.63) is 35.1 Å². The van der Waals surface area contributed by atoms with E-state index in [1.165, 1.54) is 12.1 Å². The molecule has 0 unspecified atom stereocenters. The van der Waals surface area contributed by atoms with Gasteiger partial charge in [0.25, 0.3) is 0 Å². The normalized spacial score (nSPS) is 27.0. The highest BCUT2D eigenvalue weighted by Crippen LogP contribution is 2.30. The van der Waals surface area contributed by atoms with E-state index in [0.717, 1.165) is 11.1 Å². The molecule has 0 aromatic heterocycles. The molecule has 0 fully saturated rings. The van der Waals surface area contributed by atoms with Gasteiger partial charge in [0.2, 0.25) is 0 Å². The lowest BCUT2D eigenvalue weighted by atomic mass is 9.87. The average molecular weight is 183 g/mol. The summed E-state index contributed by atoms with van der Waals surface area (Å²) in [5.74, 6) is -0.275. The van der Waals surface area contributed by atoms with Crippen molar-refractivity contribution in [2.45, 2.75) is 25.1 Å². The molecule has 2 atom stereocenters. The minimum Gasteiger partial charge on any atom is -0.322 e. The zero-order chi connectivity index (χ0) is 9.42. The van der Waals surface area contributed by atoms with E-state index in [1.54, 1.807) is 6.07 Å². The van der Waals surface area contributed by atoms with E-state index in [2.05, 4.69) is 0 Å². The molecule has 2 N–H and O–H groups in total. The maximum atomic E-state index is 13.1. The summed E-state index contributed by atoms with van der Waals surface area (Å²) in [7, 11) is 0. The Bertz CT molecular complexity index is 325. The molecule has 0 saturated heterocycles. The van der Waals surface area contributed by atoms with E-state index in [1.807, 2.05) is 0 Å². The summed E-state index contributed by atoms with van der Waals surface area (Å²) >= 11 is 0. The second-order valence-corrected chi connectivity index (χ2v) is 3.42. The third kappa shape index (κ3) is 1.44. The molecule has 0 saturated carbocycles. The summed E-state index contributed by atoms with van der Waals surface area (Å²) < 4.78 is 25.9. The summed E-state index contributed by atoms with van der Waals surface area (Å²) in [6.07, 6.45) is -0.00230. The van der Waals surface area contributed by atoms with Gasteiger partial charge in [-0.15, -0.1) is 0 Å². The van der Waals surface area contributed by atoms with Gasteiger partial charge in [0.15, 0.2) is 0 Å². The second kappa shape index (κ2) is 3.07. The molecule has 0 radical (unpaired) electrons. The number of benzene rings is 1. The molecule has 70 valence electrons. The van der Waals surface area contributed by atoms with Crippen molar-refractivity contribution in [1.29, 1.82) is 0 Å². The van der Waals surface area contributed by atoms with Crippen molar-refractivity contribution in [3.8, 4) is 0 Å². The van der Waals surface area contributed by atoms with Gasteiger partial charge in [-0.25, -0.2) is 8.78 Å². The van der Waals surface area contributed by atoms with Crippen LogP contribution >= 0.6 is 0 Å². The first-order valence-corrected chi connectivity index (χ1v) is 4.36. The van der Waals surface area contributed by atoms with Crippen molar-refractivity contribution in [3.63, 3.8) is 0 Å². The molecular formula is C10H11F2N. The third-order valence-electron chi connectivity index (χ3n) is 2.54. The van der Waals surface area contributed by atoms with Gasteiger partial charge in [0.05, 0.1) is 6.04 Å². The number of alkyl halides is 1. The Balaban J connectivity index is 2.44. The van der Waals surface area contributed by atoms with Gasteiger partial charge in [0, 0.05) is 0 Å². The summed E-state index contributed by atoms with van der Waals surface area (Å²) in [5.41, 5.74) is 7.24. The van der Waals surface area contributed by atoms with E-state index in [-0.39, 0.29) is 5.82 Å². The van der Waals surface area contributed by atoms with E-state index >= 15 is 0 Å². The lowest BCUT2D eigenvalue weighted by molar-refractivity contribution is 0.254. The summed E-state index contributed by atoms with van der Waals surface area (Å²) in [6.45, 7) is 0. The van der Waals surface area contributed by atoms with Gasteiger partial charge in [0.1, 0.15) is 12.0 Å². The Morgan fingerprint density at radius 2 is 2.15 bits per heavy atom. The number of fused-ring (bicyclic) bond motifs is 1. The summed E-state index contributed by atoms with van der Waals surface area (Å²) in [4.78, 5) is 0. The number of aryl methyl sites for hydroxylation is 1. The molecule has 0 spiro atoms. The Hall–Kier alpha value is -0.960. The minimum absolute atomic E-state index is 0.275. The van der Waals surface area contributed by atoms with Gasteiger partial charge in [-0.1, -0.05) is 6.07 Å².